The standard InChI is InChI=1S/C8H12N4O/c1-11-4-2-9-7(11)6-12-5-3-10-8(12)13/h2,4H,3,5-6H2,1H3,(H,10,13). The Morgan fingerprint density at radius 3 is 3.08 bits per heavy atom. The highest BCUT2D eigenvalue weighted by molar-refractivity contribution is 5.76. The van der Waals surface area contributed by atoms with E-state index in [2.05, 4.69) is 10.3 Å². The third-order valence-corrected chi connectivity index (χ3v) is 2.20. The van der Waals surface area contributed by atoms with Crippen LogP contribution in [0.15, 0.2) is 12.4 Å². The normalized spacial score (nSPS) is 16.4. The molecule has 70 valence electrons. The van der Waals surface area contributed by atoms with Crippen LogP contribution in [0.5, 0.6) is 0 Å². The van der Waals surface area contributed by atoms with E-state index in [1.54, 1.807) is 11.1 Å². The lowest BCUT2D eigenvalue weighted by molar-refractivity contribution is 0.214. The average molecular weight is 180 g/mol. The molecule has 2 rings (SSSR count). The molecule has 13 heavy (non-hydrogen) atoms. The molecule has 0 aliphatic carbocycles. The van der Waals surface area contributed by atoms with Crippen LogP contribution >= 0.6 is 0 Å². The molecular formula is C8H12N4O. The van der Waals surface area contributed by atoms with Crippen LogP contribution in [0.1, 0.15) is 5.82 Å². The molecule has 1 aromatic rings. The van der Waals surface area contributed by atoms with E-state index in [1.165, 1.54) is 0 Å². The molecule has 0 saturated carbocycles. The van der Waals surface area contributed by atoms with Crippen molar-refractivity contribution in [1.29, 1.82) is 0 Å². The van der Waals surface area contributed by atoms with Crippen LogP contribution in [-0.4, -0.2) is 33.6 Å². The summed E-state index contributed by atoms with van der Waals surface area (Å²) in [5.41, 5.74) is 0. The van der Waals surface area contributed by atoms with Gasteiger partial charge in [0.15, 0.2) is 0 Å². The summed E-state index contributed by atoms with van der Waals surface area (Å²) in [5.74, 6) is 0.914. The van der Waals surface area contributed by atoms with E-state index in [0.717, 1.165) is 18.9 Å². The molecule has 2 amide bonds. The second-order valence-electron chi connectivity index (χ2n) is 3.11. The van der Waals surface area contributed by atoms with Crippen LogP contribution in [-0.2, 0) is 13.6 Å². The first-order valence-corrected chi connectivity index (χ1v) is 4.26. The lowest BCUT2D eigenvalue weighted by Crippen LogP contribution is -2.28. The highest BCUT2D eigenvalue weighted by atomic mass is 16.2. The molecule has 1 aromatic heterocycles. The van der Waals surface area contributed by atoms with Crippen LogP contribution in [0.4, 0.5) is 4.79 Å². The summed E-state index contributed by atoms with van der Waals surface area (Å²) >= 11 is 0. The number of carbonyl (C=O) groups excluding carboxylic acids is 1. The van der Waals surface area contributed by atoms with Gasteiger partial charge in [0.1, 0.15) is 5.82 Å². The van der Waals surface area contributed by atoms with E-state index in [1.807, 2.05) is 17.8 Å². The number of hydrogen-bond donors (Lipinski definition) is 1. The monoisotopic (exact) mass is 180 g/mol. The number of aromatic nitrogens is 2. The van der Waals surface area contributed by atoms with Crippen molar-refractivity contribution in [1.82, 2.24) is 19.8 Å². The zero-order valence-electron chi connectivity index (χ0n) is 7.53. The molecule has 1 saturated heterocycles. The molecule has 2 heterocycles. The summed E-state index contributed by atoms with van der Waals surface area (Å²) in [6.07, 6.45) is 3.62. The molecule has 1 aliphatic rings. The minimum Gasteiger partial charge on any atom is -0.337 e. The first-order valence-electron chi connectivity index (χ1n) is 4.26. The second kappa shape index (κ2) is 3.08. The Balaban J connectivity index is 2.06. The predicted molar refractivity (Wildman–Crippen MR) is 47.0 cm³/mol. The first-order chi connectivity index (χ1) is 6.27. The summed E-state index contributed by atoms with van der Waals surface area (Å²) in [5, 5.41) is 2.75. The second-order valence-corrected chi connectivity index (χ2v) is 3.11. The Bertz CT molecular complexity index is 320. The Kier molecular flexibility index (Phi) is 1.92. The maximum Gasteiger partial charge on any atom is 0.317 e. The van der Waals surface area contributed by atoms with Crippen molar-refractivity contribution < 1.29 is 4.79 Å². The van der Waals surface area contributed by atoms with Gasteiger partial charge < -0.3 is 14.8 Å². The third-order valence-electron chi connectivity index (χ3n) is 2.20. The van der Waals surface area contributed by atoms with Gasteiger partial charge in [0.25, 0.3) is 0 Å². The highest BCUT2D eigenvalue weighted by Crippen LogP contribution is 2.04. The number of urea groups is 1. The Hall–Kier alpha value is -1.52. The molecule has 1 N–H and O–H groups in total. The molecule has 0 spiro atoms. The van der Waals surface area contributed by atoms with Crippen LogP contribution in [0.2, 0.25) is 0 Å². The quantitative estimate of drug-likeness (QED) is 0.693. The van der Waals surface area contributed by atoms with E-state index in [9.17, 15) is 4.79 Å². The Morgan fingerprint density at radius 2 is 2.54 bits per heavy atom. The van der Waals surface area contributed by atoms with Gasteiger partial charge in [-0.15, -0.1) is 0 Å². The van der Waals surface area contributed by atoms with Gasteiger partial charge in [-0.25, -0.2) is 9.78 Å². The third kappa shape index (κ3) is 1.49. The Morgan fingerprint density at radius 1 is 1.69 bits per heavy atom. The Labute approximate surface area is 76.4 Å². The van der Waals surface area contributed by atoms with Crippen molar-refractivity contribution in [2.24, 2.45) is 7.05 Å². The van der Waals surface area contributed by atoms with Gasteiger partial charge in [-0.05, 0) is 0 Å². The summed E-state index contributed by atoms with van der Waals surface area (Å²) in [7, 11) is 1.93. The molecule has 1 fully saturated rings. The molecule has 0 unspecified atom stereocenters. The predicted octanol–water partition coefficient (Wildman–Crippen LogP) is -0.0547. The van der Waals surface area contributed by atoms with Gasteiger partial charge >= 0.3 is 6.03 Å². The number of rotatable bonds is 2. The number of nitrogens with zero attached hydrogens (tertiary/aromatic N) is 3. The van der Waals surface area contributed by atoms with Crippen molar-refractivity contribution in [2.45, 2.75) is 6.54 Å². The SMILES string of the molecule is Cn1ccnc1CN1CCNC1=O. The molecule has 0 bridgehead atoms. The van der Waals surface area contributed by atoms with Gasteiger partial charge in [-0.3, -0.25) is 0 Å². The van der Waals surface area contributed by atoms with E-state index in [0.29, 0.717) is 6.54 Å². The maximum atomic E-state index is 11.2. The van der Waals surface area contributed by atoms with Gasteiger partial charge in [0.05, 0.1) is 6.54 Å². The smallest absolute Gasteiger partial charge is 0.317 e. The summed E-state index contributed by atoms with van der Waals surface area (Å²) < 4.78 is 1.92. The zero-order valence-corrected chi connectivity index (χ0v) is 7.53. The molecule has 5 nitrogen and oxygen atoms in total. The van der Waals surface area contributed by atoms with E-state index >= 15 is 0 Å². The summed E-state index contributed by atoms with van der Waals surface area (Å²) in [6.45, 7) is 2.10. The van der Waals surface area contributed by atoms with E-state index in [-0.39, 0.29) is 6.03 Å². The topological polar surface area (TPSA) is 50.2 Å². The molecule has 0 radical (unpaired) electrons. The number of nitrogens with one attached hydrogen (secondary N) is 1. The lowest BCUT2D eigenvalue weighted by Gasteiger charge is -2.12. The molecular weight excluding hydrogens is 168 g/mol. The summed E-state index contributed by atoms with van der Waals surface area (Å²) in [6, 6.07) is 0.00278. The fourth-order valence-electron chi connectivity index (χ4n) is 1.38. The lowest BCUT2D eigenvalue weighted by atomic mass is 10.5. The average Bonchev–Trinajstić information content (AvgIpc) is 2.65. The fourth-order valence-corrected chi connectivity index (χ4v) is 1.38. The van der Waals surface area contributed by atoms with Crippen LogP contribution < -0.4 is 5.32 Å². The molecule has 1 aliphatic heterocycles. The van der Waals surface area contributed by atoms with Gasteiger partial charge in [0.2, 0.25) is 0 Å². The van der Waals surface area contributed by atoms with Gasteiger partial charge in [-0.2, -0.15) is 0 Å². The number of hydrogen-bond acceptors (Lipinski definition) is 2. The van der Waals surface area contributed by atoms with E-state index in [4.69, 9.17) is 0 Å². The highest BCUT2D eigenvalue weighted by Gasteiger charge is 2.20. The van der Waals surface area contributed by atoms with Crippen LogP contribution in [0, 0.1) is 0 Å². The first kappa shape index (κ1) is 8.10. The zero-order chi connectivity index (χ0) is 9.26. The van der Waals surface area contributed by atoms with Crippen LogP contribution in [0.25, 0.3) is 0 Å². The van der Waals surface area contributed by atoms with Crippen LogP contribution in [0.3, 0.4) is 0 Å². The number of aryl methyl sites for hydroxylation is 1. The number of amides is 2. The largest absolute Gasteiger partial charge is 0.337 e. The van der Waals surface area contributed by atoms with Crippen molar-refractivity contribution >= 4 is 6.03 Å². The summed E-state index contributed by atoms with van der Waals surface area (Å²) in [4.78, 5) is 17.1. The minimum absolute atomic E-state index is 0.00278. The van der Waals surface area contributed by atoms with Gasteiger partial charge in [0, 0.05) is 32.5 Å². The molecule has 0 atom stereocenters. The minimum atomic E-state index is 0.00278. The van der Waals surface area contributed by atoms with Crippen molar-refractivity contribution in [3.05, 3.63) is 18.2 Å². The maximum absolute atomic E-state index is 11.2. The number of imidazole rings is 1. The fraction of sp³-hybridized carbons (Fsp3) is 0.500. The van der Waals surface area contributed by atoms with Gasteiger partial charge in [-0.1, -0.05) is 0 Å². The molecule has 0 aromatic carbocycles. The van der Waals surface area contributed by atoms with Crippen molar-refractivity contribution in [3.63, 3.8) is 0 Å². The van der Waals surface area contributed by atoms with Crippen molar-refractivity contribution in [3.8, 4) is 0 Å². The number of carbonyl (C=O) groups is 1. The van der Waals surface area contributed by atoms with Crippen molar-refractivity contribution in [2.75, 3.05) is 13.1 Å². The molecule has 5 heteroatoms. The van der Waals surface area contributed by atoms with E-state index < -0.39 is 0 Å².